The van der Waals surface area contributed by atoms with Gasteiger partial charge in [-0.05, 0) is 109 Å². The van der Waals surface area contributed by atoms with E-state index in [1.54, 1.807) is 0 Å². The molecule has 7 aromatic carbocycles. The lowest BCUT2D eigenvalue weighted by molar-refractivity contribution is 0.620. The summed E-state index contributed by atoms with van der Waals surface area (Å²) < 4.78 is 6.60. The number of benzene rings is 7. The Bertz CT molecular complexity index is 2540. The fourth-order valence-corrected chi connectivity index (χ4v) is 6.80. The summed E-state index contributed by atoms with van der Waals surface area (Å²) in [6.07, 6.45) is 3.68. The summed E-state index contributed by atoms with van der Waals surface area (Å²) in [6, 6.07) is 55.7. The Labute approximate surface area is 272 Å². The quantitative estimate of drug-likeness (QED) is 0.197. The minimum atomic E-state index is 0.600. The number of hydrogen-bond acceptors (Lipinski definition) is 3. The maximum atomic E-state index is 6.60. The number of pyridine rings is 1. The van der Waals surface area contributed by atoms with Crippen LogP contribution in [0.1, 0.15) is 0 Å². The number of para-hydroxylation sites is 2. The van der Waals surface area contributed by atoms with Crippen LogP contribution in [0.2, 0.25) is 0 Å². The smallest absolute Gasteiger partial charge is 0.228 e. The molecule has 9 aromatic rings. The van der Waals surface area contributed by atoms with Gasteiger partial charge in [-0.2, -0.15) is 0 Å². The van der Waals surface area contributed by atoms with Crippen molar-refractivity contribution in [3.05, 3.63) is 170 Å². The van der Waals surface area contributed by atoms with E-state index in [-0.39, 0.29) is 0 Å². The molecule has 0 aliphatic heterocycles. The molecule has 0 N–H and O–H groups in total. The highest BCUT2D eigenvalue weighted by atomic mass is 16.3. The van der Waals surface area contributed by atoms with Gasteiger partial charge in [0.1, 0.15) is 5.52 Å². The molecule has 9 rings (SSSR count). The van der Waals surface area contributed by atoms with Crippen molar-refractivity contribution < 1.29 is 4.42 Å². The number of hydrogen-bond donors (Lipinski definition) is 0. The molecule has 3 nitrogen and oxygen atoms in total. The summed E-state index contributed by atoms with van der Waals surface area (Å²) in [5.41, 5.74) is 11.5. The van der Waals surface area contributed by atoms with Crippen LogP contribution >= 0.6 is 0 Å². The molecular weight excluding hydrogens is 572 g/mol. The molecule has 3 heteroatoms. The first-order chi connectivity index (χ1) is 23.3. The van der Waals surface area contributed by atoms with Crippen molar-refractivity contribution in [2.24, 2.45) is 0 Å². The molecule has 0 unspecified atom stereocenters. The van der Waals surface area contributed by atoms with Crippen LogP contribution in [0.5, 0.6) is 0 Å². The third kappa shape index (κ3) is 4.77. The minimum absolute atomic E-state index is 0.600. The van der Waals surface area contributed by atoms with E-state index in [1.807, 2.05) is 36.7 Å². The van der Waals surface area contributed by atoms with Crippen LogP contribution in [0.25, 0.3) is 88.6 Å². The van der Waals surface area contributed by atoms with E-state index in [9.17, 15) is 0 Å². The fraction of sp³-hybridized carbons (Fsp3) is 0. The zero-order chi connectivity index (χ0) is 31.2. The molecule has 0 radical (unpaired) electrons. The van der Waals surface area contributed by atoms with Gasteiger partial charge in [0.05, 0.1) is 5.56 Å². The highest BCUT2D eigenvalue weighted by molar-refractivity contribution is 6.06. The molecule has 0 saturated carbocycles. The molecular formula is C44H28N2O. The average molecular weight is 601 g/mol. The summed E-state index contributed by atoms with van der Waals surface area (Å²) >= 11 is 0. The first-order valence-electron chi connectivity index (χ1n) is 15.8. The normalized spacial score (nSPS) is 11.4. The van der Waals surface area contributed by atoms with Crippen LogP contribution < -0.4 is 0 Å². The fourth-order valence-electron chi connectivity index (χ4n) is 6.80. The number of rotatable bonds is 5. The van der Waals surface area contributed by atoms with Crippen molar-refractivity contribution in [2.75, 3.05) is 0 Å². The van der Waals surface area contributed by atoms with Gasteiger partial charge in [0.25, 0.3) is 0 Å². The van der Waals surface area contributed by atoms with Crippen molar-refractivity contribution in [3.8, 4) is 56.0 Å². The SMILES string of the molecule is c1cc(-c2ccncc2)cc(-c2cc(-c3cccc4ccccc34)cc(-c3cccc4ccccc34)c2-c2nc3ccccc3o2)c1. The zero-order valence-corrected chi connectivity index (χ0v) is 25.5. The molecule has 0 aliphatic rings. The number of oxazole rings is 1. The maximum Gasteiger partial charge on any atom is 0.228 e. The Hall–Kier alpha value is -6.32. The lowest BCUT2D eigenvalue weighted by atomic mass is 9.85. The first kappa shape index (κ1) is 27.0. The summed E-state index contributed by atoms with van der Waals surface area (Å²) in [6.45, 7) is 0. The van der Waals surface area contributed by atoms with Crippen LogP contribution in [0.4, 0.5) is 0 Å². The van der Waals surface area contributed by atoms with Crippen LogP contribution in [0, 0.1) is 0 Å². The number of aromatic nitrogens is 2. The van der Waals surface area contributed by atoms with E-state index in [1.165, 1.54) is 27.1 Å². The Morgan fingerprint density at radius 1 is 0.404 bits per heavy atom. The largest absolute Gasteiger partial charge is 0.436 e. The van der Waals surface area contributed by atoms with Gasteiger partial charge in [-0.15, -0.1) is 0 Å². The molecule has 2 heterocycles. The van der Waals surface area contributed by atoms with Crippen LogP contribution in [-0.2, 0) is 0 Å². The van der Waals surface area contributed by atoms with Crippen molar-refractivity contribution in [2.45, 2.75) is 0 Å². The van der Waals surface area contributed by atoms with E-state index in [0.29, 0.717) is 5.89 Å². The number of fused-ring (bicyclic) bond motifs is 3. The maximum absolute atomic E-state index is 6.60. The first-order valence-corrected chi connectivity index (χ1v) is 15.8. The molecule has 0 saturated heterocycles. The van der Waals surface area contributed by atoms with E-state index in [0.717, 1.165) is 55.6 Å². The van der Waals surface area contributed by atoms with Gasteiger partial charge in [-0.3, -0.25) is 4.98 Å². The monoisotopic (exact) mass is 600 g/mol. The van der Waals surface area contributed by atoms with Gasteiger partial charge in [0.15, 0.2) is 5.58 Å². The molecule has 0 bridgehead atoms. The average Bonchev–Trinajstić information content (AvgIpc) is 3.58. The van der Waals surface area contributed by atoms with Gasteiger partial charge in [-0.1, -0.05) is 115 Å². The third-order valence-corrected chi connectivity index (χ3v) is 9.01. The molecule has 220 valence electrons. The summed E-state index contributed by atoms with van der Waals surface area (Å²) in [7, 11) is 0. The van der Waals surface area contributed by atoms with E-state index >= 15 is 0 Å². The van der Waals surface area contributed by atoms with Gasteiger partial charge in [-0.25, -0.2) is 4.98 Å². The van der Waals surface area contributed by atoms with Crippen molar-refractivity contribution in [3.63, 3.8) is 0 Å². The Balaban J connectivity index is 1.42. The second kappa shape index (κ2) is 11.2. The molecule has 0 amide bonds. The summed E-state index contributed by atoms with van der Waals surface area (Å²) in [5.74, 6) is 0.600. The predicted octanol–water partition coefficient (Wildman–Crippen LogP) is 11.9. The highest BCUT2D eigenvalue weighted by Crippen LogP contribution is 2.46. The topological polar surface area (TPSA) is 38.9 Å². The van der Waals surface area contributed by atoms with Gasteiger partial charge in [0, 0.05) is 12.4 Å². The second-order valence-electron chi connectivity index (χ2n) is 11.8. The Morgan fingerprint density at radius 2 is 1.02 bits per heavy atom. The van der Waals surface area contributed by atoms with Crippen LogP contribution in [0.15, 0.2) is 175 Å². The van der Waals surface area contributed by atoms with Gasteiger partial charge in [0.2, 0.25) is 5.89 Å². The van der Waals surface area contributed by atoms with Crippen LogP contribution in [-0.4, -0.2) is 9.97 Å². The summed E-state index contributed by atoms with van der Waals surface area (Å²) in [4.78, 5) is 9.34. The van der Waals surface area contributed by atoms with Crippen molar-refractivity contribution in [1.82, 2.24) is 9.97 Å². The molecule has 2 aromatic heterocycles. The molecule has 47 heavy (non-hydrogen) atoms. The lowest BCUT2D eigenvalue weighted by Crippen LogP contribution is -1.95. The van der Waals surface area contributed by atoms with E-state index in [4.69, 9.17) is 9.40 Å². The van der Waals surface area contributed by atoms with E-state index < -0.39 is 0 Å². The Kier molecular flexibility index (Phi) is 6.46. The van der Waals surface area contributed by atoms with Gasteiger partial charge >= 0.3 is 0 Å². The van der Waals surface area contributed by atoms with E-state index in [2.05, 4.69) is 138 Å². The zero-order valence-electron chi connectivity index (χ0n) is 25.5. The van der Waals surface area contributed by atoms with Crippen LogP contribution in [0.3, 0.4) is 0 Å². The standard InChI is InChI=1S/C44H28N2O/c1-3-16-35-30(10-1)12-8-18-37(35)34-27-39(33-15-7-14-32(26-33)29-22-24-45-25-23-29)43(44-46-41-20-5-6-21-42(41)47-44)40(28-34)38-19-9-13-31-11-2-4-17-36(31)38/h1-28H. The van der Waals surface area contributed by atoms with Gasteiger partial charge < -0.3 is 4.42 Å². The Morgan fingerprint density at radius 3 is 1.81 bits per heavy atom. The van der Waals surface area contributed by atoms with Crippen molar-refractivity contribution >= 4 is 32.6 Å². The molecule has 0 spiro atoms. The third-order valence-electron chi connectivity index (χ3n) is 9.01. The second-order valence-corrected chi connectivity index (χ2v) is 11.8. The predicted molar refractivity (Wildman–Crippen MR) is 194 cm³/mol. The molecule has 0 aliphatic carbocycles. The molecule has 0 fully saturated rings. The molecule has 0 atom stereocenters. The lowest BCUT2D eigenvalue weighted by Gasteiger charge is -2.19. The minimum Gasteiger partial charge on any atom is -0.436 e. The number of nitrogens with zero attached hydrogens (tertiary/aromatic N) is 2. The van der Waals surface area contributed by atoms with Crippen molar-refractivity contribution in [1.29, 1.82) is 0 Å². The highest BCUT2D eigenvalue weighted by Gasteiger charge is 2.23. The summed E-state index contributed by atoms with van der Waals surface area (Å²) in [5, 5.41) is 4.79.